The summed E-state index contributed by atoms with van der Waals surface area (Å²) in [5.74, 6) is 0.387. The second-order valence-electron chi connectivity index (χ2n) is 5.52. The van der Waals surface area contributed by atoms with Crippen molar-refractivity contribution < 1.29 is 9.90 Å². The second kappa shape index (κ2) is 6.51. The maximum atomic E-state index is 12.3. The molecule has 0 amide bonds. The summed E-state index contributed by atoms with van der Waals surface area (Å²) in [6.45, 7) is 5.35. The fraction of sp³-hybridized carbons (Fsp3) is 0.533. The summed E-state index contributed by atoms with van der Waals surface area (Å²) in [6, 6.07) is 7.35. The number of piperidine rings is 1. The van der Waals surface area contributed by atoms with Gasteiger partial charge in [-0.1, -0.05) is 24.3 Å². The van der Waals surface area contributed by atoms with E-state index < -0.39 is 5.60 Å². The molecule has 4 heteroatoms. The van der Waals surface area contributed by atoms with E-state index in [0.29, 0.717) is 0 Å². The number of aliphatic hydroxyl groups is 1. The van der Waals surface area contributed by atoms with Crippen molar-refractivity contribution in [3.05, 3.63) is 35.4 Å². The van der Waals surface area contributed by atoms with Gasteiger partial charge in [-0.2, -0.15) is 0 Å². The van der Waals surface area contributed by atoms with Gasteiger partial charge >= 0.3 is 0 Å². The van der Waals surface area contributed by atoms with Gasteiger partial charge in [-0.25, -0.2) is 0 Å². The fourth-order valence-electron chi connectivity index (χ4n) is 2.36. The molecule has 0 aliphatic carbocycles. The van der Waals surface area contributed by atoms with Crippen LogP contribution in [0.4, 0.5) is 0 Å². The molecule has 0 unspecified atom stereocenters. The van der Waals surface area contributed by atoms with Crippen LogP contribution < -0.4 is 5.32 Å². The topological polar surface area (TPSA) is 49.3 Å². The Morgan fingerprint density at radius 3 is 2.21 bits per heavy atom. The molecule has 1 aliphatic rings. The molecule has 0 radical (unpaired) electrons. The predicted octanol–water partition coefficient (Wildman–Crippen LogP) is 2.52. The lowest BCUT2D eigenvalue weighted by Gasteiger charge is -2.22. The van der Waals surface area contributed by atoms with Crippen molar-refractivity contribution in [1.82, 2.24) is 5.32 Å². The zero-order valence-corrected chi connectivity index (χ0v) is 12.3. The number of carbonyl (C=O) groups excluding carboxylic acids is 1. The number of nitrogens with one attached hydrogen (secondary N) is 1. The van der Waals surface area contributed by atoms with Crippen molar-refractivity contribution >= 4 is 18.2 Å². The minimum atomic E-state index is -0.851. The Bertz CT molecular complexity index is 417. The van der Waals surface area contributed by atoms with Crippen molar-refractivity contribution in [3.8, 4) is 0 Å². The van der Waals surface area contributed by atoms with Crippen LogP contribution in [0.3, 0.4) is 0 Å². The van der Waals surface area contributed by atoms with Gasteiger partial charge in [0.1, 0.15) is 0 Å². The molecule has 1 aromatic rings. The SMILES string of the molecule is CC(C)(O)c1ccc(C(=O)C2CCNCC2)cc1.Cl. The van der Waals surface area contributed by atoms with Crippen LogP contribution in [0.15, 0.2) is 24.3 Å². The van der Waals surface area contributed by atoms with E-state index >= 15 is 0 Å². The molecule has 3 nitrogen and oxygen atoms in total. The Labute approximate surface area is 120 Å². The lowest BCUT2D eigenvalue weighted by atomic mass is 9.88. The quantitative estimate of drug-likeness (QED) is 0.838. The summed E-state index contributed by atoms with van der Waals surface area (Å²) < 4.78 is 0. The van der Waals surface area contributed by atoms with Gasteiger partial charge in [0.2, 0.25) is 0 Å². The van der Waals surface area contributed by atoms with Gasteiger partial charge < -0.3 is 10.4 Å². The van der Waals surface area contributed by atoms with E-state index in [1.807, 2.05) is 24.3 Å². The van der Waals surface area contributed by atoms with Gasteiger partial charge in [-0.05, 0) is 45.3 Å². The van der Waals surface area contributed by atoms with Crippen LogP contribution >= 0.6 is 12.4 Å². The molecule has 106 valence electrons. The van der Waals surface area contributed by atoms with Gasteiger partial charge in [0.05, 0.1) is 5.60 Å². The molecule has 0 aromatic heterocycles. The second-order valence-corrected chi connectivity index (χ2v) is 5.52. The number of carbonyl (C=O) groups is 1. The summed E-state index contributed by atoms with van der Waals surface area (Å²) >= 11 is 0. The Kier molecular flexibility index (Phi) is 5.53. The molecular formula is C15H22ClNO2. The molecule has 1 saturated heterocycles. The minimum absolute atomic E-state index is 0. The van der Waals surface area contributed by atoms with Crippen molar-refractivity contribution in [2.24, 2.45) is 5.92 Å². The monoisotopic (exact) mass is 283 g/mol. The summed E-state index contributed by atoms with van der Waals surface area (Å²) in [5.41, 5.74) is 0.746. The minimum Gasteiger partial charge on any atom is -0.386 e. The van der Waals surface area contributed by atoms with Crippen LogP contribution in [-0.2, 0) is 5.60 Å². The fourth-order valence-corrected chi connectivity index (χ4v) is 2.36. The highest BCUT2D eigenvalue weighted by atomic mass is 35.5. The van der Waals surface area contributed by atoms with E-state index in [-0.39, 0.29) is 24.1 Å². The zero-order chi connectivity index (χ0) is 13.2. The van der Waals surface area contributed by atoms with Crippen LogP contribution in [-0.4, -0.2) is 24.0 Å². The molecule has 19 heavy (non-hydrogen) atoms. The van der Waals surface area contributed by atoms with E-state index in [1.165, 1.54) is 0 Å². The molecule has 1 aliphatic heterocycles. The average Bonchev–Trinajstić information content (AvgIpc) is 2.38. The first-order chi connectivity index (χ1) is 8.48. The largest absolute Gasteiger partial charge is 0.386 e. The van der Waals surface area contributed by atoms with Crippen molar-refractivity contribution in [2.45, 2.75) is 32.3 Å². The van der Waals surface area contributed by atoms with Gasteiger partial charge in [0, 0.05) is 11.5 Å². The first kappa shape index (κ1) is 16.2. The van der Waals surface area contributed by atoms with E-state index in [9.17, 15) is 9.90 Å². The van der Waals surface area contributed by atoms with Crippen LogP contribution in [0.2, 0.25) is 0 Å². The number of hydrogen-bond acceptors (Lipinski definition) is 3. The Hall–Kier alpha value is -0.900. The molecule has 1 fully saturated rings. The predicted molar refractivity (Wildman–Crippen MR) is 78.9 cm³/mol. The number of halogens is 1. The lowest BCUT2D eigenvalue weighted by Crippen LogP contribution is -2.31. The standard InChI is InChI=1S/C15H21NO2.ClH/c1-15(2,18)13-5-3-11(4-6-13)14(17)12-7-9-16-10-8-12;/h3-6,12,16,18H,7-10H2,1-2H3;1H. The Morgan fingerprint density at radius 2 is 1.74 bits per heavy atom. The normalized spacial score (nSPS) is 16.8. The number of ketones is 1. The highest BCUT2D eigenvalue weighted by molar-refractivity contribution is 5.97. The lowest BCUT2D eigenvalue weighted by molar-refractivity contribution is 0.0783. The molecule has 0 saturated carbocycles. The summed E-state index contributed by atoms with van der Waals surface area (Å²) in [6.07, 6.45) is 1.85. The highest BCUT2D eigenvalue weighted by Gasteiger charge is 2.23. The average molecular weight is 284 g/mol. The maximum absolute atomic E-state index is 12.3. The summed E-state index contributed by atoms with van der Waals surface area (Å²) in [7, 11) is 0. The molecule has 1 heterocycles. The third-order valence-electron chi connectivity index (χ3n) is 3.59. The maximum Gasteiger partial charge on any atom is 0.166 e. The molecule has 2 N–H and O–H groups in total. The molecular weight excluding hydrogens is 262 g/mol. The smallest absolute Gasteiger partial charge is 0.166 e. The van der Waals surface area contributed by atoms with Crippen LogP contribution in [0.1, 0.15) is 42.6 Å². The van der Waals surface area contributed by atoms with E-state index in [1.54, 1.807) is 13.8 Å². The van der Waals surface area contributed by atoms with Crippen LogP contribution in [0.5, 0.6) is 0 Å². The summed E-state index contributed by atoms with van der Waals surface area (Å²) in [5, 5.41) is 13.1. The molecule has 0 spiro atoms. The summed E-state index contributed by atoms with van der Waals surface area (Å²) in [4.78, 5) is 12.3. The van der Waals surface area contributed by atoms with E-state index in [2.05, 4.69) is 5.32 Å². The Morgan fingerprint density at radius 1 is 1.21 bits per heavy atom. The third-order valence-corrected chi connectivity index (χ3v) is 3.59. The van der Waals surface area contributed by atoms with Crippen molar-refractivity contribution in [1.29, 1.82) is 0 Å². The number of hydrogen-bond donors (Lipinski definition) is 2. The van der Waals surface area contributed by atoms with Gasteiger partial charge in [-0.15, -0.1) is 12.4 Å². The van der Waals surface area contributed by atoms with Gasteiger partial charge in [0.15, 0.2) is 5.78 Å². The number of Topliss-reactive ketones (excluding diaryl/α,β-unsaturated/α-hetero) is 1. The van der Waals surface area contributed by atoms with E-state index in [4.69, 9.17) is 0 Å². The number of benzene rings is 1. The molecule has 0 bridgehead atoms. The van der Waals surface area contributed by atoms with Crippen LogP contribution in [0, 0.1) is 5.92 Å². The first-order valence-corrected chi connectivity index (χ1v) is 6.56. The van der Waals surface area contributed by atoms with E-state index in [0.717, 1.165) is 37.1 Å². The number of rotatable bonds is 3. The third kappa shape index (κ3) is 4.03. The first-order valence-electron chi connectivity index (χ1n) is 6.56. The Balaban J connectivity index is 0.00000180. The molecule has 0 atom stereocenters. The van der Waals surface area contributed by atoms with Crippen LogP contribution in [0.25, 0.3) is 0 Å². The van der Waals surface area contributed by atoms with Crippen molar-refractivity contribution in [3.63, 3.8) is 0 Å². The molecule has 1 aromatic carbocycles. The zero-order valence-electron chi connectivity index (χ0n) is 11.5. The van der Waals surface area contributed by atoms with Gasteiger partial charge in [0.25, 0.3) is 0 Å². The highest BCUT2D eigenvalue weighted by Crippen LogP contribution is 2.22. The van der Waals surface area contributed by atoms with Crippen molar-refractivity contribution in [2.75, 3.05) is 13.1 Å². The molecule has 2 rings (SSSR count). The van der Waals surface area contributed by atoms with Gasteiger partial charge in [-0.3, -0.25) is 4.79 Å².